The Morgan fingerprint density at radius 1 is 1.52 bits per heavy atom. The van der Waals surface area contributed by atoms with Crippen molar-refractivity contribution in [3.63, 3.8) is 0 Å². The van der Waals surface area contributed by atoms with E-state index in [0.29, 0.717) is 24.3 Å². The molecule has 2 heterocycles. The van der Waals surface area contributed by atoms with E-state index in [4.69, 9.17) is 0 Å². The molecule has 7 heteroatoms. The van der Waals surface area contributed by atoms with Crippen LogP contribution in [-0.4, -0.2) is 42.4 Å². The molecule has 1 aromatic rings. The molecule has 116 valence electrons. The average Bonchev–Trinajstić information content (AvgIpc) is 2.96. The van der Waals surface area contributed by atoms with Crippen LogP contribution < -0.4 is 0 Å². The topological polar surface area (TPSA) is 46.6 Å². The van der Waals surface area contributed by atoms with Crippen LogP contribution in [0.4, 0.5) is 8.78 Å². The first-order valence-corrected chi connectivity index (χ1v) is 7.52. The van der Waals surface area contributed by atoms with E-state index < -0.39 is 24.3 Å². The highest BCUT2D eigenvalue weighted by molar-refractivity contribution is 7.13. The van der Waals surface area contributed by atoms with Gasteiger partial charge in [-0.3, -0.25) is 4.79 Å². The molecule has 0 bridgehead atoms. The molecule has 0 saturated carbocycles. The van der Waals surface area contributed by atoms with E-state index in [2.05, 4.69) is 4.74 Å². The van der Waals surface area contributed by atoms with Crippen molar-refractivity contribution in [1.29, 1.82) is 0 Å². The molecule has 0 aliphatic carbocycles. The maximum atomic E-state index is 13.3. The fourth-order valence-corrected chi connectivity index (χ4v) is 3.41. The number of hydrogen-bond donors (Lipinski definition) is 0. The lowest BCUT2D eigenvalue weighted by molar-refractivity contribution is -0.148. The van der Waals surface area contributed by atoms with Crippen LogP contribution in [0.1, 0.15) is 34.3 Å². The Morgan fingerprint density at radius 2 is 2.24 bits per heavy atom. The van der Waals surface area contributed by atoms with Crippen LogP contribution in [0.25, 0.3) is 0 Å². The number of carbonyl (C=O) groups excluding carboxylic acids is 2. The third kappa shape index (κ3) is 3.40. The largest absolute Gasteiger partial charge is 0.465 e. The molecule has 1 atom stereocenters. The number of aryl methyl sites for hydroxylation is 1. The number of ether oxygens (including phenoxy) is 1. The molecule has 0 unspecified atom stereocenters. The van der Waals surface area contributed by atoms with Gasteiger partial charge in [0.25, 0.3) is 5.91 Å². The lowest BCUT2D eigenvalue weighted by Gasteiger charge is -2.20. The summed E-state index contributed by atoms with van der Waals surface area (Å²) in [5.41, 5.74) is 0. The van der Waals surface area contributed by atoms with E-state index in [-0.39, 0.29) is 5.97 Å². The Balaban J connectivity index is 1.86. The zero-order valence-electron chi connectivity index (χ0n) is 11.9. The highest BCUT2D eigenvalue weighted by Gasteiger charge is 2.51. The van der Waals surface area contributed by atoms with Crippen molar-refractivity contribution in [2.45, 2.75) is 38.2 Å². The van der Waals surface area contributed by atoms with Crippen molar-refractivity contribution in [2.75, 3.05) is 13.7 Å². The summed E-state index contributed by atoms with van der Waals surface area (Å²) in [5.74, 6) is -4.67. The van der Waals surface area contributed by atoms with Gasteiger partial charge in [0.15, 0.2) is 0 Å². The lowest BCUT2D eigenvalue weighted by atomic mass is 10.2. The Kier molecular flexibility index (Phi) is 4.61. The van der Waals surface area contributed by atoms with Crippen LogP contribution in [0.15, 0.2) is 12.1 Å². The van der Waals surface area contributed by atoms with Gasteiger partial charge in [-0.05, 0) is 31.9 Å². The van der Waals surface area contributed by atoms with Crippen LogP contribution in [0.5, 0.6) is 0 Å². The Hall–Kier alpha value is -1.50. The molecule has 0 spiro atoms. The molecule has 0 N–H and O–H groups in total. The van der Waals surface area contributed by atoms with Crippen LogP contribution in [0, 0.1) is 0 Å². The zero-order valence-corrected chi connectivity index (χ0v) is 12.7. The lowest BCUT2D eigenvalue weighted by Crippen LogP contribution is -2.36. The Bertz CT molecular complexity index is 544. The maximum Gasteiger partial charge on any atom is 0.348 e. The molecule has 1 saturated heterocycles. The molecule has 4 nitrogen and oxygen atoms in total. The van der Waals surface area contributed by atoms with Gasteiger partial charge < -0.3 is 9.64 Å². The monoisotopic (exact) mass is 317 g/mol. The van der Waals surface area contributed by atoms with Crippen molar-refractivity contribution < 1.29 is 23.1 Å². The van der Waals surface area contributed by atoms with E-state index in [0.717, 1.165) is 4.88 Å². The first-order chi connectivity index (χ1) is 9.85. The van der Waals surface area contributed by atoms with E-state index in [9.17, 15) is 18.4 Å². The fraction of sp³-hybridized carbons (Fsp3) is 0.571. The summed E-state index contributed by atoms with van der Waals surface area (Å²) < 4.78 is 31.2. The quantitative estimate of drug-likeness (QED) is 0.785. The number of nitrogens with zero attached hydrogens (tertiary/aromatic N) is 1. The maximum absolute atomic E-state index is 13.3. The minimum absolute atomic E-state index is 0.307. The second-order valence-corrected chi connectivity index (χ2v) is 6.29. The molecule has 0 aromatic carbocycles. The number of rotatable bonds is 5. The van der Waals surface area contributed by atoms with Gasteiger partial charge in [0.05, 0.1) is 7.11 Å². The van der Waals surface area contributed by atoms with Gasteiger partial charge in [-0.25, -0.2) is 4.79 Å². The standard InChI is InChI=1S/C14H17F2NO3S/c1-9-8-14(15,16)13(19)17(9)7-3-4-10-5-6-11(21-10)12(18)20-2/h5-6,9H,3-4,7-8H2,1-2H3/t9-/m0/s1. The predicted molar refractivity (Wildman–Crippen MR) is 74.7 cm³/mol. The molecule has 1 aromatic heterocycles. The first-order valence-electron chi connectivity index (χ1n) is 6.71. The summed E-state index contributed by atoms with van der Waals surface area (Å²) in [6.45, 7) is 1.94. The fourth-order valence-electron chi connectivity index (χ4n) is 2.45. The first kappa shape index (κ1) is 15.9. The second kappa shape index (κ2) is 6.09. The van der Waals surface area contributed by atoms with Crippen molar-refractivity contribution in [3.8, 4) is 0 Å². The number of halogens is 2. The second-order valence-electron chi connectivity index (χ2n) is 5.12. The molecule has 2 rings (SSSR count). The molecule has 0 radical (unpaired) electrons. The summed E-state index contributed by atoms with van der Waals surface area (Å²) in [6, 6.07) is 3.08. The van der Waals surface area contributed by atoms with Gasteiger partial charge in [0.2, 0.25) is 0 Å². The summed E-state index contributed by atoms with van der Waals surface area (Å²) in [5, 5.41) is 0. The highest BCUT2D eigenvalue weighted by atomic mass is 32.1. The summed E-state index contributed by atoms with van der Waals surface area (Å²) >= 11 is 1.32. The number of alkyl halides is 2. The van der Waals surface area contributed by atoms with Crippen LogP contribution in [-0.2, 0) is 16.0 Å². The Labute approximate surface area is 125 Å². The molecule has 1 fully saturated rings. The zero-order chi connectivity index (χ0) is 15.6. The van der Waals surface area contributed by atoms with Gasteiger partial charge >= 0.3 is 11.9 Å². The number of carbonyl (C=O) groups is 2. The minimum Gasteiger partial charge on any atom is -0.465 e. The number of hydrogen-bond acceptors (Lipinski definition) is 4. The molecule has 1 amide bonds. The van der Waals surface area contributed by atoms with E-state index >= 15 is 0 Å². The molecule has 1 aliphatic heterocycles. The number of methoxy groups -OCH3 is 1. The average molecular weight is 317 g/mol. The van der Waals surface area contributed by atoms with Gasteiger partial charge in [0, 0.05) is 23.9 Å². The molecule has 21 heavy (non-hydrogen) atoms. The highest BCUT2D eigenvalue weighted by Crippen LogP contribution is 2.33. The molecule has 1 aliphatic rings. The summed E-state index contributed by atoms with van der Waals surface area (Å²) in [4.78, 5) is 25.6. The van der Waals surface area contributed by atoms with E-state index in [1.807, 2.05) is 6.07 Å². The van der Waals surface area contributed by atoms with Gasteiger partial charge in [-0.1, -0.05) is 0 Å². The summed E-state index contributed by atoms with van der Waals surface area (Å²) in [7, 11) is 1.32. The minimum atomic E-state index is -3.22. The predicted octanol–water partition coefficient (Wildman–Crippen LogP) is 2.72. The van der Waals surface area contributed by atoms with Crippen LogP contribution >= 0.6 is 11.3 Å². The van der Waals surface area contributed by atoms with Gasteiger partial charge in [0.1, 0.15) is 4.88 Å². The van der Waals surface area contributed by atoms with Gasteiger partial charge in [-0.15, -0.1) is 11.3 Å². The molecular weight excluding hydrogens is 300 g/mol. The number of amides is 1. The van der Waals surface area contributed by atoms with Gasteiger partial charge in [-0.2, -0.15) is 8.78 Å². The van der Waals surface area contributed by atoms with Crippen LogP contribution in [0.2, 0.25) is 0 Å². The number of esters is 1. The smallest absolute Gasteiger partial charge is 0.348 e. The van der Waals surface area contributed by atoms with Crippen molar-refractivity contribution in [2.24, 2.45) is 0 Å². The van der Waals surface area contributed by atoms with Crippen LogP contribution in [0.3, 0.4) is 0 Å². The normalized spacial score (nSPS) is 20.9. The van der Waals surface area contributed by atoms with Crippen molar-refractivity contribution >= 4 is 23.2 Å². The SMILES string of the molecule is COC(=O)c1ccc(CCCN2C(=O)C(F)(F)C[C@@H]2C)s1. The summed E-state index contributed by atoms with van der Waals surface area (Å²) in [6.07, 6.45) is 0.828. The van der Waals surface area contributed by atoms with E-state index in [1.165, 1.54) is 23.3 Å². The third-order valence-corrected chi connectivity index (χ3v) is 4.65. The Morgan fingerprint density at radius 3 is 2.81 bits per heavy atom. The number of thiophene rings is 1. The molecular formula is C14H17F2NO3S. The van der Waals surface area contributed by atoms with Crippen molar-refractivity contribution in [1.82, 2.24) is 4.90 Å². The van der Waals surface area contributed by atoms with E-state index in [1.54, 1.807) is 13.0 Å². The third-order valence-electron chi connectivity index (χ3n) is 3.53. The number of likely N-dealkylation sites (tertiary alicyclic amines) is 1. The van der Waals surface area contributed by atoms with Crippen molar-refractivity contribution in [3.05, 3.63) is 21.9 Å².